The molecular weight excluding hydrogens is 440 g/mol. The Bertz CT molecular complexity index is 1260. The minimum absolute atomic E-state index is 0.201. The number of rotatable bonds is 5. The lowest BCUT2D eigenvalue weighted by molar-refractivity contribution is -0.145. The average molecular weight is 456 g/mol. The third-order valence-corrected chi connectivity index (χ3v) is 4.73. The first-order valence-electron chi connectivity index (χ1n) is 9.69. The quantitative estimate of drug-likeness (QED) is 0.451. The van der Waals surface area contributed by atoms with Crippen molar-refractivity contribution in [1.82, 2.24) is 30.0 Å². The fourth-order valence-electron chi connectivity index (χ4n) is 3.04. The normalized spacial score (nSPS) is 12.4. The number of pyridine rings is 1. The van der Waals surface area contributed by atoms with E-state index in [0.29, 0.717) is 22.6 Å². The zero-order chi connectivity index (χ0) is 23.6. The smallest absolute Gasteiger partial charge is 0.345 e. The lowest BCUT2D eigenvalue weighted by atomic mass is 10.1. The van der Waals surface area contributed by atoms with Gasteiger partial charge in [0.15, 0.2) is 5.82 Å². The molecule has 1 amide bonds. The molecule has 1 aromatic carbocycles. The Hall–Kier alpha value is -4.15. The van der Waals surface area contributed by atoms with Gasteiger partial charge in [-0.3, -0.25) is 4.79 Å². The molecule has 0 unspecified atom stereocenters. The van der Waals surface area contributed by atoms with Crippen molar-refractivity contribution >= 4 is 5.91 Å². The first kappa shape index (κ1) is 22.1. The van der Waals surface area contributed by atoms with E-state index in [1.165, 1.54) is 23.0 Å². The van der Waals surface area contributed by atoms with Gasteiger partial charge in [0, 0.05) is 29.7 Å². The highest BCUT2D eigenvalue weighted by Crippen LogP contribution is 2.27. The topological polar surface area (TPSA) is 85.6 Å². The number of amides is 1. The summed E-state index contributed by atoms with van der Waals surface area (Å²) in [5.74, 6) is -1.99. The van der Waals surface area contributed by atoms with Gasteiger partial charge in [-0.1, -0.05) is 30.3 Å². The van der Waals surface area contributed by atoms with E-state index in [0.717, 1.165) is 18.6 Å². The number of carbonyl (C=O) groups is 1. The Labute approximate surface area is 185 Å². The zero-order valence-electron chi connectivity index (χ0n) is 17.1. The number of hydrogen-bond acceptors (Lipinski definition) is 5. The first-order chi connectivity index (χ1) is 15.7. The molecule has 0 saturated carbocycles. The van der Waals surface area contributed by atoms with Crippen LogP contribution in [-0.2, 0) is 6.18 Å². The van der Waals surface area contributed by atoms with Gasteiger partial charge in [0.2, 0.25) is 5.82 Å². The van der Waals surface area contributed by atoms with Crippen LogP contribution in [0.15, 0.2) is 67.3 Å². The molecule has 0 spiro atoms. The SMILES string of the molecule is C[C@@H](NC(=O)c1cn(-c2ccc(F)cn2)nc1-c1ccccc1)c1cnc(C(F)(F)F)nc1. The molecule has 168 valence electrons. The van der Waals surface area contributed by atoms with Gasteiger partial charge in [-0.15, -0.1) is 0 Å². The minimum atomic E-state index is -4.65. The lowest BCUT2D eigenvalue weighted by Crippen LogP contribution is -2.27. The van der Waals surface area contributed by atoms with Crippen LogP contribution in [0.5, 0.6) is 0 Å². The maximum Gasteiger partial charge on any atom is 0.451 e. The largest absolute Gasteiger partial charge is 0.451 e. The van der Waals surface area contributed by atoms with Crippen molar-refractivity contribution < 1.29 is 22.4 Å². The number of nitrogens with one attached hydrogen (secondary N) is 1. The van der Waals surface area contributed by atoms with Crippen molar-refractivity contribution in [1.29, 1.82) is 0 Å². The standard InChI is InChI=1S/C22H16F4N6O/c1-13(15-9-28-21(29-10-15)22(24,25)26)30-20(33)17-12-32(18-8-7-16(23)11-27-18)31-19(17)14-5-3-2-4-6-14/h2-13H,1H3,(H,30,33)/t13-/m1/s1. The van der Waals surface area contributed by atoms with Crippen molar-refractivity contribution in [3.05, 3.63) is 90.0 Å². The Morgan fingerprint density at radius 1 is 1.00 bits per heavy atom. The first-order valence-corrected chi connectivity index (χ1v) is 9.69. The predicted octanol–water partition coefficient (Wildman–Crippen LogP) is 4.37. The van der Waals surface area contributed by atoms with Gasteiger partial charge in [-0.25, -0.2) is 24.0 Å². The molecule has 0 bridgehead atoms. The number of benzene rings is 1. The third kappa shape index (κ3) is 4.86. The van der Waals surface area contributed by atoms with Crippen LogP contribution in [0.2, 0.25) is 0 Å². The van der Waals surface area contributed by atoms with Gasteiger partial charge in [-0.05, 0) is 19.1 Å². The third-order valence-electron chi connectivity index (χ3n) is 4.73. The second kappa shape index (κ2) is 8.77. The molecule has 4 rings (SSSR count). The van der Waals surface area contributed by atoms with Gasteiger partial charge < -0.3 is 5.32 Å². The molecule has 0 radical (unpaired) electrons. The van der Waals surface area contributed by atoms with Gasteiger partial charge in [-0.2, -0.15) is 18.3 Å². The van der Waals surface area contributed by atoms with E-state index in [2.05, 4.69) is 25.4 Å². The molecule has 1 N–H and O–H groups in total. The molecule has 1 atom stereocenters. The van der Waals surface area contributed by atoms with Gasteiger partial charge in [0.05, 0.1) is 17.8 Å². The summed E-state index contributed by atoms with van der Waals surface area (Å²) in [5.41, 5.74) is 1.52. The summed E-state index contributed by atoms with van der Waals surface area (Å²) in [6.07, 6.45) is -0.131. The molecule has 0 fully saturated rings. The number of alkyl halides is 3. The monoisotopic (exact) mass is 456 g/mol. The van der Waals surface area contributed by atoms with Crippen LogP contribution in [-0.4, -0.2) is 30.6 Å². The second-order valence-corrected chi connectivity index (χ2v) is 7.07. The molecule has 3 aromatic heterocycles. The van der Waals surface area contributed by atoms with Crippen LogP contribution in [0.25, 0.3) is 17.1 Å². The molecule has 0 aliphatic rings. The number of nitrogens with zero attached hydrogens (tertiary/aromatic N) is 5. The molecule has 0 saturated heterocycles. The van der Waals surface area contributed by atoms with Crippen molar-refractivity contribution in [2.45, 2.75) is 19.1 Å². The van der Waals surface area contributed by atoms with Crippen LogP contribution in [0, 0.1) is 5.82 Å². The van der Waals surface area contributed by atoms with Crippen molar-refractivity contribution in [2.75, 3.05) is 0 Å². The zero-order valence-corrected chi connectivity index (χ0v) is 17.1. The number of halogens is 4. The lowest BCUT2D eigenvalue weighted by Gasteiger charge is -2.14. The summed E-state index contributed by atoms with van der Waals surface area (Å²) in [5, 5.41) is 7.16. The fraction of sp³-hybridized carbons (Fsp3) is 0.136. The second-order valence-electron chi connectivity index (χ2n) is 7.07. The van der Waals surface area contributed by atoms with E-state index < -0.39 is 29.8 Å². The molecule has 4 aromatic rings. The van der Waals surface area contributed by atoms with Gasteiger partial charge in [0.1, 0.15) is 11.5 Å². The van der Waals surface area contributed by atoms with Gasteiger partial charge in [0.25, 0.3) is 5.91 Å². The highest BCUT2D eigenvalue weighted by Gasteiger charge is 2.34. The predicted molar refractivity (Wildman–Crippen MR) is 110 cm³/mol. The van der Waals surface area contributed by atoms with Crippen LogP contribution in [0.3, 0.4) is 0 Å². The van der Waals surface area contributed by atoms with Crippen molar-refractivity contribution in [3.63, 3.8) is 0 Å². The molecule has 0 aliphatic carbocycles. The summed E-state index contributed by atoms with van der Waals surface area (Å²) >= 11 is 0. The van der Waals surface area contributed by atoms with Crippen LogP contribution < -0.4 is 5.32 Å². The molecular formula is C22H16F4N6O. The van der Waals surface area contributed by atoms with Crippen molar-refractivity contribution in [2.24, 2.45) is 0 Å². The number of hydrogen-bond donors (Lipinski definition) is 1. The van der Waals surface area contributed by atoms with Crippen LogP contribution in [0.1, 0.15) is 34.7 Å². The number of aromatic nitrogens is 5. The minimum Gasteiger partial charge on any atom is -0.345 e. The summed E-state index contributed by atoms with van der Waals surface area (Å²) in [4.78, 5) is 23.7. The Kier molecular flexibility index (Phi) is 5.86. The van der Waals surface area contributed by atoms with E-state index in [4.69, 9.17) is 0 Å². The van der Waals surface area contributed by atoms with E-state index in [9.17, 15) is 22.4 Å². The summed E-state index contributed by atoms with van der Waals surface area (Å²) in [6.45, 7) is 1.60. The average Bonchev–Trinajstić information content (AvgIpc) is 3.25. The summed E-state index contributed by atoms with van der Waals surface area (Å²) < 4.78 is 52.7. The van der Waals surface area contributed by atoms with Crippen LogP contribution >= 0.6 is 0 Å². The fourth-order valence-corrected chi connectivity index (χ4v) is 3.04. The van der Waals surface area contributed by atoms with E-state index in [1.54, 1.807) is 31.2 Å². The Morgan fingerprint density at radius 2 is 1.70 bits per heavy atom. The summed E-state index contributed by atoms with van der Waals surface area (Å²) in [7, 11) is 0. The Morgan fingerprint density at radius 3 is 2.30 bits per heavy atom. The summed E-state index contributed by atoms with van der Waals surface area (Å²) in [6, 6.07) is 10.9. The number of carbonyl (C=O) groups excluding carboxylic acids is 1. The van der Waals surface area contributed by atoms with E-state index in [1.807, 2.05) is 6.07 Å². The van der Waals surface area contributed by atoms with E-state index >= 15 is 0 Å². The molecule has 3 heterocycles. The van der Waals surface area contributed by atoms with Crippen LogP contribution in [0.4, 0.5) is 17.6 Å². The molecule has 33 heavy (non-hydrogen) atoms. The maximum atomic E-state index is 13.2. The Balaban J connectivity index is 1.64. The highest BCUT2D eigenvalue weighted by molar-refractivity contribution is 6.00. The molecule has 11 heteroatoms. The molecule has 0 aliphatic heterocycles. The van der Waals surface area contributed by atoms with Gasteiger partial charge >= 0.3 is 6.18 Å². The highest BCUT2D eigenvalue weighted by atomic mass is 19.4. The van der Waals surface area contributed by atoms with Crippen molar-refractivity contribution in [3.8, 4) is 17.1 Å². The van der Waals surface area contributed by atoms with E-state index in [-0.39, 0.29) is 5.56 Å². The molecule has 7 nitrogen and oxygen atoms in total. The maximum absolute atomic E-state index is 13.2.